The van der Waals surface area contributed by atoms with Crippen molar-refractivity contribution in [2.45, 2.75) is 4.90 Å². The molecule has 0 saturated heterocycles. The molecule has 0 atom stereocenters. The summed E-state index contributed by atoms with van der Waals surface area (Å²) in [4.78, 5) is 0.190. The minimum atomic E-state index is -0.0123. The zero-order valence-corrected chi connectivity index (χ0v) is 12.1. The summed E-state index contributed by atoms with van der Waals surface area (Å²) >= 11 is 4.25. The van der Waals surface area contributed by atoms with Crippen molar-refractivity contribution in [2.24, 2.45) is 0 Å². The van der Waals surface area contributed by atoms with E-state index in [0.717, 1.165) is 11.1 Å². The number of hydrogen-bond acceptors (Lipinski definition) is 3. The molecule has 0 aliphatic rings. The molecule has 0 bridgehead atoms. The van der Waals surface area contributed by atoms with Crippen molar-refractivity contribution in [1.29, 1.82) is 0 Å². The molecule has 0 radical (unpaired) electrons. The minimum absolute atomic E-state index is 0.0123. The van der Waals surface area contributed by atoms with Crippen LogP contribution in [0.1, 0.15) is 0 Å². The van der Waals surface area contributed by atoms with Gasteiger partial charge in [0, 0.05) is 11.1 Å². The van der Waals surface area contributed by atoms with Crippen LogP contribution >= 0.6 is 12.6 Å². The fourth-order valence-corrected chi connectivity index (χ4v) is 2.56. The zero-order valence-electron chi connectivity index (χ0n) is 11.2. The van der Waals surface area contributed by atoms with Gasteiger partial charge in [0.1, 0.15) is 11.5 Å². The molecule has 104 valence electrons. The number of hydrogen-bond donors (Lipinski definition) is 3. The number of phenolic OH excluding ortho intramolecular Hbond substituents is 2. The summed E-state index contributed by atoms with van der Waals surface area (Å²) in [7, 11) is 0. The van der Waals surface area contributed by atoms with E-state index < -0.39 is 0 Å². The van der Waals surface area contributed by atoms with Gasteiger partial charge in [-0.1, -0.05) is 60.7 Å². The van der Waals surface area contributed by atoms with Crippen LogP contribution in [0.4, 0.5) is 0 Å². The molecule has 3 aromatic rings. The number of aromatic hydroxyl groups is 2. The summed E-state index contributed by atoms with van der Waals surface area (Å²) in [6.07, 6.45) is 0. The molecular formula is C18H14O2S. The Labute approximate surface area is 128 Å². The van der Waals surface area contributed by atoms with Crippen LogP contribution in [-0.4, -0.2) is 10.2 Å². The van der Waals surface area contributed by atoms with E-state index >= 15 is 0 Å². The largest absolute Gasteiger partial charge is 0.506 e. The molecule has 2 N–H and O–H groups in total. The number of phenols is 2. The molecule has 2 nitrogen and oxygen atoms in total. The van der Waals surface area contributed by atoms with Gasteiger partial charge in [-0.05, 0) is 17.2 Å². The van der Waals surface area contributed by atoms with Crippen molar-refractivity contribution in [3.63, 3.8) is 0 Å². The van der Waals surface area contributed by atoms with Crippen molar-refractivity contribution in [3.05, 3.63) is 66.7 Å². The molecule has 0 aliphatic carbocycles. The Hall–Kier alpha value is -2.39. The third-order valence-electron chi connectivity index (χ3n) is 3.42. The van der Waals surface area contributed by atoms with E-state index in [9.17, 15) is 10.2 Å². The first-order valence-electron chi connectivity index (χ1n) is 6.57. The van der Waals surface area contributed by atoms with Crippen molar-refractivity contribution < 1.29 is 10.2 Å². The van der Waals surface area contributed by atoms with Crippen molar-refractivity contribution in [1.82, 2.24) is 0 Å². The predicted molar refractivity (Wildman–Crippen MR) is 87.9 cm³/mol. The second-order valence-corrected chi connectivity index (χ2v) is 5.20. The van der Waals surface area contributed by atoms with Gasteiger partial charge >= 0.3 is 0 Å². The minimum Gasteiger partial charge on any atom is -0.506 e. The fourth-order valence-electron chi connectivity index (χ4n) is 2.32. The highest BCUT2D eigenvalue weighted by Crippen LogP contribution is 2.45. The quantitative estimate of drug-likeness (QED) is 0.598. The summed E-state index contributed by atoms with van der Waals surface area (Å²) in [6, 6.07) is 20.9. The van der Waals surface area contributed by atoms with Crippen LogP contribution in [0, 0.1) is 0 Å². The van der Waals surface area contributed by atoms with E-state index in [1.54, 1.807) is 6.07 Å². The second-order valence-electron chi connectivity index (χ2n) is 4.75. The van der Waals surface area contributed by atoms with Crippen LogP contribution in [0.2, 0.25) is 0 Å². The molecule has 21 heavy (non-hydrogen) atoms. The average molecular weight is 294 g/mol. The lowest BCUT2D eigenvalue weighted by Gasteiger charge is -2.13. The van der Waals surface area contributed by atoms with Gasteiger partial charge in [-0.25, -0.2) is 0 Å². The lowest BCUT2D eigenvalue weighted by atomic mass is 9.97. The summed E-state index contributed by atoms with van der Waals surface area (Å²) in [5, 5.41) is 20.5. The highest BCUT2D eigenvalue weighted by atomic mass is 32.1. The standard InChI is InChI=1S/C18H14O2S/c19-16-14(12-7-3-1-4-8-12)11-15(17(20)18(16)21)13-9-5-2-6-10-13/h1-11,19-21H. The summed E-state index contributed by atoms with van der Waals surface area (Å²) in [5.74, 6) is -0.0246. The van der Waals surface area contributed by atoms with Crippen molar-refractivity contribution in [3.8, 4) is 33.8 Å². The number of rotatable bonds is 2. The van der Waals surface area contributed by atoms with E-state index in [2.05, 4.69) is 12.6 Å². The maximum Gasteiger partial charge on any atom is 0.140 e. The van der Waals surface area contributed by atoms with E-state index in [0.29, 0.717) is 11.1 Å². The molecule has 0 fully saturated rings. The molecule has 3 aromatic carbocycles. The lowest BCUT2D eigenvalue weighted by Crippen LogP contribution is -1.86. The molecule has 0 spiro atoms. The first-order valence-corrected chi connectivity index (χ1v) is 7.02. The number of thiol groups is 1. The maximum atomic E-state index is 10.3. The van der Waals surface area contributed by atoms with E-state index in [4.69, 9.17) is 0 Å². The number of benzene rings is 3. The topological polar surface area (TPSA) is 40.5 Å². The van der Waals surface area contributed by atoms with Crippen LogP contribution in [0.5, 0.6) is 11.5 Å². The summed E-state index contributed by atoms with van der Waals surface area (Å²) in [6.45, 7) is 0. The van der Waals surface area contributed by atoms with Gasteiger partial charge in [-0.2, -0.15) is 0 Å². The SMILES string of the molecule is Oc1c(-c2ccccc2)cc(-c2ccccc2)c(O)c1S. The molecule has 3 rings (SSSR count). The van der Waals surface area contributed by atoms with Gasteiger partial charge in [-0.15, -0.1) is 12.6 Å². The molecule has 0 saturated carbocycles. The van der Waals surface area contributed by atoms with E-state index in [1.165, 1.54) is 0 Å². The Morgan fingerprint density at radius 3 is 1.38 bits per heavy atom. The highest BCUT2D eigenvalue weighted by Gasteiger charge is 2.16. The average Bonchev–Trinajstić information content (AvgIpc) is 2.55. The molecule has 0 unspecified atom stereocenters. The van der Waals surface area contributed by atoms with Gasteiger partial charge in [0.2, 0.25) is 0 Å². The van der Waals surface area contributed by atoms with Crippen LogP contribution in [0.3, 0.4) is 0 Å². The molecular weight excluding hydrogens is 280 g/mol. The van der Waals surface area contributed by atoms with Gasteiger partial charge < -0.3 is 10.2 Å². The van der Waals surface area contributed by atoms with Gasteiger partial charge in [0.25, 0.3) is 0 Å². The molecule has 0 aliphatic heterocycles. The summed E-state index contributed by atoms with van der Waals surface area (Å²) in [5.41, 5.74) is 3.06. The van der Waals surface area contributed by atoms with Crippen LogP contribution in [-0.2, 0) is 0 Å². The Morgan fingerprint density at radius 2 is 1.00 bits per heavy atom. The lowest BCUT2D eigenvalue weighted by molar-refractivity contribution is 0.431. The first kappa shape index (κ1) is 13.6. The zero-order chi connectivity index (χ0) is 14.8. The van der Waals surface area contributed by atoms with Gasteiger partial charge in [0.05, 0.1) is 4.90 Å². The third kappa shape index (κ3) is 2.48. The Morgan fingerprint density at radius 1 is 0.619 bits per heavy atom. The Bertz CT molecular complexity index is 704. The Balaban J connectivity index is 2.26. The third-order valence-corrected chi connectivity index (χ3v) is 3.84. The normalized spacial score (nSPS) is 10.5. The summed E-state index contributed by atoms with van der Waals surface area (Å²) < 4.78 is 0. The predicted octanol–water partition coefficient (Wildman–Crippen LogP) is 4.72. The highest BCUT2D eigenvalue weighted by molar-refractivity contribution is 7.80. The monoisotopic (exact) mass is 294 g/mol. The maximum absolute atomic E-state index is 10.3. The molecule has 0 amide bonds. The van der Waals surface area contributed by atoms with Crippen molar-refractivity contribution >= 4 is 12.6 Å². The van der Waals surface area contributed by atoms with E-state index in [-0.39, 0.29) is 16.4 Å². The molecule has 3 heteroatoms. The van der Waals surface area contributed by atoms with Gasteiger partial charge in [0.15, 0.2) is 0 Å². The van der Waals surface area contributed by atoms with Crippen LogP contribution in [0.25, 0.3) is 22.3 Å². The fraction of sp³-hybridized carbons (Fsp3) is 0. The van der Waals surface area contributed by atoms with Crippen LogP contribution < -0.4 is 0 Å². The molecule has 0 aromatic heterocycles. The van der Waals surface area contributed by atoms with Crippen LogP contribution in [0.15, 0.2) is 71.6 Å². The Kier molecular flexibility index (Phi) is 3.59. The second kappa shape index (κ2) is 5.54. The van der Waals surface area contributed by atoms with Gasteiger partial charge in [-0.3, -0.25) is 0 Å². The molecule has 0 heterocycles. The van der Waals surface area contributed by atoms with E-state index in [1.807, 2.05) is 60.7 Å². The first-order chi connectivity index (χ1) is 10.2. The van der Waals surface area contributed by atoms with Crippen molar-refractivity contribution in [2.75, 3.05) is 0 Å². The smallest absolute Gasteiger partial charge is 0.140 e.